The Bertz CT molecular complexity index is 580. The summed E-state index contributed by atoms with van der Waals surface area (Å²) >= 11 is 1.81. The molecule has 5 nitrogen and oxygen atoms in total. The highest BCUT2D eigenvalue weighted by molar-refractivity contribution is 7.14. The van der Waals surface area contributed by atoms with E-state index in [1.165, 1.54) is 5.00 Å². The fourth-order valence-corrected chi connectivity index (χ4v) is 3.40. The lowest BCUT2D eigenvalue weighted by molar-refractivity contribution is 0.232. The van der Waals surface area contributed by atoms with Crippen molar-refractivity contribution < 1.29 is 4.74 Å². The first kappa shape index (κ1) is 15.1. The Balaban J connectivity index is 1.54. The average molecular weight is 318 g/mol. The Morgan fingerprint density at radius 3 is 2.82 bits per heavy atom. The highest BCUT2D eigenvalue weighted by Crippen LogP contribution is 2.25. The molecule has 0 unspecified atom stereocenters. The average Bonchev–Trinajstić information content (AvgIpc) is 3.02. The van der Waals surface area contributed by atoms with Crippen LogP contribution in [0.2, 0.25) is 0 Å². The molecule has 22 heavy (non-hydrogen) atoms. The minimum Gasteiger partial charge on any atom is -0.474 e. The van der Waals surface area contributed by atoms with E-state index >= 15 is 0 Å². The molecular formula is C16H22N4OS. The van der Waals surface area contributed by atoms with Gasteiger partial charge in [0, 0.05) is 19.1 Å². The van der Waals surface area contributed by atoms with Crippen LogP contribution in [-0.4, -0.2) is 35.2 Å². The fourth-order valence-electron chi connectivity index (χ4n) is 2.62. The van der Waals surface area contributed by atoms with E-state index in [9.17, 15) is 0 Å². The van der Waals surface area contributed by atoms with Gasteiger partial charge in [-0.05, 0) is 44.2 Å². The molecule has 0 aliphatic carbocycles. The number of nitrogens with zero attached hydrogens (tertiary/aromatic N) is 3. The zero-order valence-corrected chi connectivity index (χ0v) is 13.8. The lowest BCUT2D eigenvalue weighted by atomic mass is 10.1. The quantitative estimate of drug-likeness (QED) is 0.915. The number of aromatic nitrogens is 2. The summed E-state index contributed by atoms with van der Waals surface area (Å²) in [7, 11) is 0. The zero-order valence-electron chi connectivity index (χ0n) is 13.0. The summed E-state index contributed by atoms with van der Waals surface area (Å²) in [4.78, 5) is 11.1. The van der Waals surface area contributed by atoms with Crippen molar-refractivity contribution in [3.05, 3.63) is 29.9 Å². The van der Waals surface area contributed by atoms with E-state index in [4.69, 9.17) is 4.74 Å². The summed E-state index contributed by atoms with van der Waals surface area (Å²) in [6, 6.07) is 4.75. The van der Waals surface area contributed by atoms with Crippen LogP contribution in [0.15, 0.2) is 29.9 Å². The first-order valence-electron chi connectivity index (χ1n) is 7.74. The summed E-state index contributed by atoms with van der Waals surface area (Å²) in [6.07, 6.45) is 5.74. The molecule has 0 spiro atoms. The van der Waals surface area contributed by atoms with Crippen molar-refractivity contribution in [1.29, 1.82) is 0 Å². The molecule has 0 atom stereocenters. The molecule has 1 aliphatic rings. The molecule has 2 aromatic heterocycles. The number of hydrogen-bond donors (Lipinski definition) is 1. The summed E-state index contributed by atoms with van der Waals surface area (Å²) in [6.45, 7) is 6.13. The SMILES string of the molecule is CC(C)Oc1cncc(NC2CCN(c3cccs3)CC2)n1. The van der Waals surface area contributed by atoms with Gasteiger partial charge in [0.25, 0.3) is 0 Å². The van der Waals surface area contributed by atoms with E-state index < -0.39 is 0 Å². The third kappa shape index (κ3) is 3.88. The molecule has 118 valence electrons. The van der Waals surface area contributed by atoms with Crippen molar-refractivity contribution in [2.24, 2.45) is 0 Å². The Labute approximate surface area is 135 Å². The number of nitrogens with one attached hydrogen (secondary N) is 1. The van der Waals surface area contributed by atoms with Crippen molar-refractivity contribution >= 4 is 22.2 Å². The standard InChI is InChI=1S/C16H22N4OS/c1-12(2)21-15-11-17-10-14(19-15)18-13-5-7-20(8-6-13)16-4-3-9-22-16/h3-4,9-13H,5-8H2,1-2H3,(H,18,19). The first-order valence-corrected chi connectivity index (χ1v) is 8.62. The second-order valence-corrected chi connectivity index (χ2v) is 6.69. The molecule has 1 saturated heterocycles. The first-order chi connectivity index (χ1) is 10.7. The van der Waals surface area contributed by atoms with Gasteiger partial charge in [-0.1, -0.05) is 0 Å². The Hall–Kier alpha value is -1.82. The van der Waals surface area contributed by atoms with Crippen LogP contribution < -0.4 is 15.0 Å². The highest BCUT2D eigenvalue weighted by Gasteiger charge is 2.20. The normalized spacial score (nSPS) is 16.0. The van der Waals surface area contributed by atoms with Crippen LogP contribution in [0.3, 0.4) is 0 Å². The fraction of sp³-hybridized carbons (Fsp3) is 0.500. The number of rotatable bonds is 5. The maximum Gasteiger partial charge on any atom is 0.234 e. The van der Waals surface area contributed by atoms with Crippen LogP contribution in [0.5, 0.6) is 5.88 Å². The lowest BCUT2D eigenvalue weighted by Crippen LogP contribution is -2.38. The van der Waals surface area contributed by atoms with Crippen molar-refractivity contribution in [3.8, 4) is 5.88 Å². The predicted molar refractivity (Wildman–Crippen MR) is 91.0 cm³/mol. The Morgan fingerprint density at radius 1 is 1.32 bits per heavy atom. The third-order valence-corrected chi connectivity index (χ3v) is 4.56. The molecule has 1 N–H and O–H groups in total. The molecular weight excluding hydrogens is 296 g/mol. The highest BCUT2D eigenvalue weighted by atomic mass is 32.1. The van der Waals surface area contributed by atoms with E-state index in [0.29, 0.717) is 11.9 Å². The summed E-state index contributed by atoms with van der Waals surface area (Å²) in [5, 5.41) is 6.98. The van der Waals surface area contributed by atoms with Crippen LogP contribution in [0.4, 0.5) is 10.8 Å². The Morgan fingerprint density at radius 2 is 2.14 bits per heavy atom. The molecule has 0 radical (unpaired) electrons. The number of anilines is 2. The van der Waals surface area contributed by atoms with Gasteiger partial charge in [-0.15, -0.1) is 11.3 Å². The molecule has 1 fully saturated rings. The summed E-state index contributed by atoms with van der Waals surface area (Å²) < 4.78 is 5.59. The minimum atomic E-state index is 0.110. The van der Waals surface area contributed by atoms with Crippen LogP contribution in [-0.2, 0) is 0 Å². The van der Waals surface area contributed by atoms with Crippen molar-refractivity contribution in [2.75, 3.05) is 23.3 Å². The minimum absolute atomic E-state index is 0.110. The van der Waals surface area contributed by atoms with E-state index in [0.717, 1.165) is 31.7 Å². The second-order valence-electron chi connectivity index (χ2n) is 5.77. The topological polar surface area (TPSA) is 50.3 Å². The molecule has 3 heterocycles. The maximum absolute atomic E-state index is 5.59. The maximum atomic E-state index is 5.59. The number of piperidine rings is 1. The molecule has 0 aromatic carbocycles. The van der Waals surface area contributed by atoms with E-state index in [2.05, 4.69) is 37.7 Å². The van der Waals surface area contributed by atoms with Crippen LogP contribution in [0, 0.1) is 0 Å². The molecule has 3 rings (SSSR count). The third-order valence-electron chi connectivity index (χ3n) is 3.63. The summed E-state index contributed by atoms with van der Waals surface area (Å²) in [5.74, 6) is 1.38. The van der Waals surface area contributed by atoms with Crippen LogP contribution in [0.1, 0.15) is 26.7 Å². The smallest absolute Gasteiger partial charge is 0.234 e. The molecule has 0 amide bonds. The molecule has 6 heteroatoms. The van der Waals surface area contributed by atoms with Gasteiger partial charge < -0.3 is 15.0 Å². The van der Waals surface area contributed by atoms with E-state index in [-0.39, 0.29) is 6.10 Å². The van der Waals surface area contributed by atoms with E-state index in [1.807, 2.05) is 25.2 Å². The summed E-state index contributed by atoms with van der Waals surface area (Å²) in [5.41, 5.74) is 0. The van der Waals surface area contributed by atoms with E-state index in [1.54, 1.807) is 12.4 Å². The monoisotopic (exact) mass is 318 g/mol. The largest absolute Gasteiger partial charge is 0.474 e. The van der Waals surface area contributed by atoms with Crippen LogP contribution >= 0.6 is 11.3 Å². The second kappa shape index (κ2) is 6.96. The van der Waals surface area contributed by atoms with Gasteiger partial charge in [-0.2, -0.15) is 4.98 Å². The van der Waals surface area contributed by atoms with Crippen LogP contribution in [0.25, 0.3) is 0 Å². The van der Waals surface area contributed by atoms with Gasteiger partial charge in [0.2, 0.25) is 5.88 Å². The molecule has 1 aliphatic heterocycles. The van der Waals surface area contributed by atoms with Crippen molar-refractivity contribution in [3.63, 3.8) is 0 Å². The molecule has 0 saturated carbocycles. The van der Waals surface area contributed by atoms with Gasteiger partial charge in [0.1, 0.15) is 5.82 Å². The van der Waals surface area contributed by atoms with Gasteiger partial charge >= 0.3 is 0 Å². The molecule has 0 bridgehead atoms. The molecule has 2 aromatic rings. The van der Waals surface area contributed by atoms with Gasteiger partial charge in [0.05, 0.1) is 23.5 Å². The Kier molecular flexibility index (Phi) is 4.77. The van der Waals surface area contributed by atoms with Gasteiger partial charge in [-0.25, -0.2) is 0 Å². The number of ether oxygens (including phenoxy) is 1. The van der Waals surface area contributed by atoms with Crippen molar-refractivity contribution in [2.45, 2.75) is 38.8 Å². The lowest BCUT2D eigenvalue weighted by Gasteiger charge is -2.33. The van der Waals surface area contributed by atoms with Crippen molar-refractivity contribution in [1.82, 2.24) is 9.97 Å². The number of hydrogen-bond acceptors (Lipinski definition) is 6. The number of thiophene rings is 1. The van der Waals surface area contributed by atoms with Gasteiger partial charge in [0.15, 0.2) is 0 Å². The zero-order chi connectivity index (χ0) is 15.4. The predicted octanol–water partition coefficient (Wildman–Crippen LogP) is 3.41. The van der Waals surface area contributed by atoms with Gasteiger partial charge in [-0.3, -0.25) is 4.98 Å².